The summed E-state index contributed by atoms with van der Waals surface area (Å²) in [5.74, 6) is -0.578. The first-order chi connectivity index (χ1) is 25.2. The fourth-order valence-electron chi connectivity index (χ4n) is 7.80. The zero-order chi connectivity index (χ0) is 36.3. The number of ether oxygens (including phenoxy) is 2. The molecular weight excluding hydrogens is 712 g/mol. The van der Waals surface area contributed by atoms with Crippen LogP contribution in [0.1, 0.15) is 50.3 Å². The Hall–Kier alpha value is -5.04. The summed E-state index contributed by atoms with van der Waals surface area (Å²) in [6.45, 7) is 6.57. The van der Waals surface area contributed by atoms with Crippen molar-refractivity contribution in [2.24, 2.45) is 5.16 Å². The standard InChI is InChI=1S/C36H34ClF2N9O3S/c1-3-51-46-19-14-36(9-5-11-47(36)16-19)17-50-35-44-29-26-30(49-13-12-48(34(26)45-35)18(2)20-6-4-10-43-32(20)41)27(37)25(28(29)39)21-7-8-23(38)31-24(21)22(15-40)33(42)52-31/h4,6-8,10,18H,3,5,9,11-14,16-17,42H2,1-2H3,(H2,41,43)/b46-19-/t18-,36+/m1/s1. The van der Waals surface area contributed by atoms with Crippen LogP contribution in [0.2, 0.25) is 5.02 Å². The molecule has 52 heavy (non-hydrogen) atoms. The topological polar surface area (TPSA) is 161 Å². The summed E-state index contributed by atoms with van der Waals surface area (Å²) in [7, 11) is 0. The van der Waals surface area contributed by atoms with Crippen molar-refractivity contribution in [3.63, 3.8) is 0 Å². The first-order valence-electron chi connectivity index (χ1n) is 16.9. The van der Waals surface area contributed by atoms with Gasteiger partial charge in [-0.15, -0.1) is 11.3 Å². The summed E-state index contributed by atoms with van der Waals surface area (Å²) in [5, 5.41) is 14.7. The van der Waals surface area contributed by atoms with E-state index in [1.54, 1.807) is 12.3 Å². The Morgan fingerprint density at radius 2 is 2.06 bits per heavy atom. The number of hydrogen-bond acceptors (Lipinski definition) is 13. The van der Waals surface area contributed by atoms with Crippen molar-refractivity contribution < 1.29 is 23.1 Å². The van der Waals surface area contributed by atoms with Gasteiger partial charge in [0.25, 0.3) is 0 Å². The molecule has 268 valence electrons. The largest absolute Gasteiger partial charge is 0.489 e. The molecule has 4 N–H and O–H groups in total. The zero-order valence-corrected chi connectivity index (χ0v) is 30.0. The Bertz CT molecular complexity index is 2330. The molecule has 0 radical (unpaired) electrons. The zero-order valence-electron chi connectivity index (χ0n) is 28.4. The maximum absolute atomic E-state index is 17.4. The van der Waals surface area contributed by atoms with Crippen molar-refractivity contribution in [3.05, 3.63) is 58.2 Å². The van der Waals surface area contributed by atoms with Gasteiger partial charge in [-0.2, -0.15) is 15.2 Å². The molecule has 8 rings (SSSR count). The molecule has 3 aliphatic rings. The average Bonchev–Trinajstić information content (AvgIpc) is 3.75. The highest BCUT2D eigenvalue weighted by Gasteiger charge is 2.48. The van der Waals surface area contributed by atoms with Gasteiger partial charge >= 0.3 is 6.01 Å². The van der Waals surface area contributed by atoms with Gasteiger partial charge in [-0.1, -0.05) is 28.9 Å². The number of halogens is 3. The van der Waals surface area contributed by atoms with E-state index >= 15 is 8.78 Å². The lowest BCUT2D eigenvalue weighted by Gasteiger charge is -2.32. The minimum Gasteiger partial charge on any atom is -0.489 e. The summed E-state index contributed by atoms with van der Waals surface area (Å²) < 4.78 is 45.3. The fraction of sp³-hybridized carbons (Fsp3) is 0.361. The second kappa shape index (κ2) is 13.2. The molecule has 2 saturated heterocycles. The smallest absolute Gasteiger partial charge is 0.319 e. The lowest BCUT2D eigenvalue weighted by atomic mass is 9.95. The molecule has 0 spiro atoms. The molecule has 0 saturated carbocycles. The van der Waals surface area contributed by atoms with Crippen molar-refractivity contribution in [1.82, 2.24) is 19.9 Å². The Kier molecular flexibility index (Phi) is 8.63. The van der Waals surface area contributed by atoms with E-state index in [0.717, 1.165) is 42.0 Å². The maximum atomic E-state index is 17.4. The van der Waals surface area contributed by atoms with Crippen LogP contribution in [0.4, 0.5) is 25.4 Å². The molecule has 3 aliphatic heterocycles. The number of nitrogen functional groups attached to an aromatic ring is 2. The van der Waals surface area contributed by atoms with E-state index in [9.17, 15) is 5.26 Å². The number of rotatable bonds is 8. The first kappa shape index (κ1) is 34.1. The van der Waals surface area contributed by atoms with Crippen LogP contribution >= 0.6 is 22.9 Å². The van der Waals surface area contributed by atoms with Crippen LogP contribution in [0.25, 0.3) is 32.1 Å². The molecule has 2 fully saturated rings. The predicted molar refractivity (Wildman–Crippen MR) is 197 cm³/mol. The minimum atomic E-state index is -0.814. The van der Waals surface area contributed by atoms with Gasteiger partial charge in [-0.3, -0.25) is 4.90 Å². The third kappa shape index (κ3) is 5.39. The van der Waals surface area contributed by atoms with Crippen LogP contribution in [-0.4, -0.2) is 70.6 Å². The number of nitriles is 1. The van der Waals surface area contributed by atoms with Gasteiger partial charge in [-0.25, -0.2) is 13.8 Å². The number of thiophene rings is 1. The van der Waals surface area contributed by atoms with Crippen LogP contribution in [0.5, 0.6) is 11.8 Å². The second-order valence-electron chi connectivity index (χ2n) is 13.1. The molecule has 0 unspecified atom stereocenters. The molecule has 0 aliphatic carbocycles. The third-order valence-electron chi connectivity index (χ3n) is 10.2. The number of aromatic nitrogens is 3. The summed E-state index contributed by atoms with van der Waals surface area (Å²) in [6.07, 6.45) is 4.14. The van der Waals surface area contributed by atoms with E-state index < -0.39 is 11.6 Å². The van der Waals surface area contributed by atoms with Crippen molar-refractivity contribution in [2.75, 3.05) is 55.8 Å². The van der Waals surface area contributed by atoms with Crippen LogP contribution in [0.15, 0.2) is 35.6 Å². The van der Waals surface area contributed by atoms with E-state index in [-0.39, 0.29) is 84.3 Å². The summed E-state index contributed by atoms with van der Waals surface area (Å²) in [6, 6.07) is 7.88. The molecule has 16 heteroatoms. The van der Waals surface area contributed by atoms with Gasteiger partial charge in [0.2, 0.25) is 0 Å². The lowest BCUT2D eigenvalue weighted by Crippen LogP contribution is -2.43. The van der Waals surface area contributed by atoms with E-state index in [4.69, 9.17) is 42.4 Å². The van der Waals surface area contributed by atoms with E-state index in [0.29, 0.717) is 37.8 Å². The fourth-order valence-corrected chi connectivity index (χ4v) is 9.08. The van der Waals surface area contributed by atoms with Crippen LogP contribution in [-0.2, 0) is 4.84 Å². The number of oxime groups is 1. The SMILES string of the molecule is CCO/N=C1\CN2CCC[C@@]2(COc2nc3c4c(c(Cl)c(-c5ccc(F)c6sc(N)c(C#N)c56)c(F)c4n2)OCCN3[C@H](C)c2cccnc2N)C1. The van der Waals surface area contributed by atoms with Gasteiger partial charge in [0.15, 0.2) is 11.6 Å². The van der Waals surface area contributed by atoms with Crippen molar-refractivity contribution >= 4 is 66.3 Å². The maximum Gasteiger partial charge on any atom is 0.319 e. The van der Waals surface area contributed by atoms with Gasteiger partial charge < -0.3 is 30.7 Å². The second-order valence-corrected chi connectivity index (χ2v) is 14.6. The van der Waals surface area contributed by atoms with Crippen LogP contribution < -0.4 is 25.8 Å². The third-order valence-corrected chi connectivity index (χ3v) is 11.6. The summed E-state index contributed by atoms with van der Waals surface area (Å²) in [5.41, 5.74) is 13.8. The molecule has 2 aromatic carbocycles. The minimum absolute atomic E-state index is 0.0301. The van der Waals surface area contributed by atoms with E-state index in [1.165, 1.54) is 12.1 Å². The monoisotopic (exact) mass is 745 g/mol. The van der Waals surface area contributed by atoms with E-state index in [2.05, 4.69) is 20.0 Å². The van der Waals surface area contributed by atoms with Gasteiger partial charge in [0.05, 0.1) is 44.5 Å². The van der Waals surface area contributed by atoms with Gasteiger partial charge in [0.1, 0.15) is 53.9 Å². The summed E-state index contributed by atoms with van der Waals surface area (Å²) >= 11 is 7.99. The number of fused-ring (bicyclic) bond motifs is 2. The average molecular weight is 746 g/mol. The number of nitrogens with two attached hydrogens (primary N) is 2. The molecule has 5 aromatic rings. The van der Waals surface area contributed by atoms with E-state index in [1.807, 2.05) is 30.9 Å². The number of anilines is 3. The quantitative estimate of drug-likeness (QED) is 0.160. The van der Waals surface area contributed by atoms with Crippen LogP contribution in [0.3, 0.4) is 0 Å². The number of nitrogens with zero attached hydrogens (tertiary/aromatic N) is 7. The highest BCUT2D eigenvalue weighted by molar-refractivity contribution is 7.23. The molecule has 3 aromatic heterocycles. The van der Waals surface area contributed by atoms with Crippen LogP contribution in [0, 0.1) is 23.0 Å². The number of pyridine rings is 1. The highest BCUT2D eigenvalue weighted by Crippen LogP contribution is 2.51. The highest BCUT2D eigenvalue weighted by atomic mass is 35.5. The van der Waals surface area contributed by atoms with Crippen molar-refractivity contribution in [3.8, 4) is 29.0 Å². The lowest BCUT2D eigenvalue weighted by molar-refractivity contribution is 0.108. The predicted octanol–water partition coefficient (Wildman–Crippen LogP) is 6.84. The van der Waals surface area contributed by atoms with Gasteiger partial charge in [0, 0.05) is 35.7 Å². The molecule has 2 atom stereocenters. The van der Waals surface area contributed by atoms with Crippen molar-refractivity contribution in [1.29, 1.82) is 5.26 Å². The number of hydrogen-bond donors (Lipinski definition) is 2. The van der Waals surface area contributed by atoms with Crippen molar-refractivity contribution in [2.45, 2.75) is 44.7 Å². The molecule has 0 bridgehead atoms. The first-order valence-corrected chi connectivity index (χ1v) is 18.1. The Morgan fingerprint density at radius 1 is 1.21 bits per heavy atom. The molecular formula is C36H34ClF2N9O3S. The molecule has 0 amide bonds. The number of benzene rings is 2. The molecule has 6 heterocycles. The molecule has 12 nitrogen and oxygen atoms in total. The Balaban J connectivity index is 1.32. The Labute approximate surface area is 306 Å². The Morgan fingerprint density at radius 3 is 2.85 bits per heavy atom. The summed E-state index contributed by atoms with van der Waals surface area (Å²) in [4.78, 5) is 23.5. The normalized spacial score (nSPS) is 19.8. The van der Waals surface area contributed by atoms with Gasteiger partial charge in [-0.05, 0) is 50.9 Å².